The summed E-state index contributed by atoms with van der Waals surface area (Å²) >= 11 is 0. The van der Waals surface area contributed by atoms with Crippen LogP contribution in [-0.4, -0.2) is 39.5 Å². The molecule has 6 rings (SSSR count). The number of fused-ring (bicyclic) bond motifs is 7. The molecule has 0 bridgehead atoms. The molecule has 9 unspecified atom stereocenters. The van der Waals surface area contributed by atoms with Crippen LogP contribution in [0.4, 0.5) is 0 Å². The van der Waals surface area contributed by atoms with Crippen LogP contribution in [0.15, 0.2) is 42.0 Å². The van der Waals surface area contributed by atoms with Gasteiger partial charge in [-0.15, -0.1) is 0 Å². The average molecular weight is 605 g/mol. The van der Waals surface area contributed by atoms with Crippen LogP contribution >= 0.6 is 0 Å². The van der Waals surface area contributed by atoms with Crippen LogP contribution in [0.3, 0.4) is 0 Å². The summed E-state index contributed by atoms with van der Waals surface area (Å²) in [4.78, 5) is 25.8. The van der Waals surface area contributed by atoms with E-state index >= 15 is 0 Å². The molecule has 0 saturated heterocycles. The number of phenols is 1. The van der Waals surface area contributed by atoms with Gasteiger partial charge in [-0.1, -0.05) is 65.3 Å². The maximum atomic E-state index is 13.0. The van der Waals surface area contributed by atoms with Gasteiger partial charge >= 0.3 is 11.9 Å². The third-order valence-corrected chi connectivity index (χ3v) is 13.7. The van der Waals surface area contributed by atoms with Gasteiger partial charge in [-0.3, -0.25) is 4.79 Å². The van der Waals surface area contributed by atoms with Gasteiger partial charge in [-0.25, -0.2) is 4.79 Å². The van der Waals surface area contributed by atoms with E-state index in [1.165, 1.54) is 11.6 Å². The molecule has 6 nitrogen and oxygen atoms in total. The van der Waals surface area contributed by atoms with Crippen molar-refractivity contribution in [1.82, 2.24) is 0 Å². The van der Waals surface area contributed by atoms with E-state index < -0.39 is 35.0 Å². The summed E-state index contributed by atoms with van der Waals surface area (Å²) in [6.07, 6.45) is 12.1. The summed E-state index contributed by atoms with van der Waals surface area (Å²) in [5.41, 5.74) is 1.24. The molecule has 9 atom stereocenters. The SMILES string of the molecule is CC1(C)CCC2(C(=O)O)CCC3C(=CCC4C3(C)CCC3C(C)(C)C(OC(=O)C=Cc5ccc(O)cc5)C(O)CC34C)C2C1. The van der Waals surface area contributed by atoms with E-state index in [0.29, 0.717) is 18.3 Å². The average Bonchev–Trinajstić information content (AvgIpc) is 2.94. The fraction of sp³-hybridized carbons (Fsp3) is 0.684. The molecule has 5 aliphatic carbocycles. The number of carboxylic acids is 1. The van der Waals surface area contributed by atoms with Gasteiger partial charge in [0.15, 0.2) is 0 Å². The first-order valence-electron chi connectivity index (χ1n) is 16.8. The number of allylic oxidation sites excluding steroid dienone is 2. The summed E-state index contributed by atoms with van der Waals surface area (Å²) in [7, 11) is 0. The molecule has 4 fully saturated rings. The fourth-order valence-electron chi connectivity index (χ4n) is 11.6. The van der Waals surface area contributed by atoms with E-state index in [2.05, 4.69) is 47.6 Å². The Balaban J connectivity index is 1.26. The fourth-order valence-corrected chi connectivity index (χ4v) is 11.6. The third kappa shape index (κ3) is 4.77. The van der Waals surface area contributed by atoms with Crippen LogP contribution in [0.2, 0.25) is 0 Å². The second-order valence-corrected chi connectivity index (χ2v) is 16.9. The van der Waals surface area contributed by atoms with Crippen molar-refractivity contribution in [3.8, 4) is 5.75 Å². The van der Waals surface area contributed by atoms with E-state index in [1.54, 1.807) is 30.3 Å². The Bertz CT molecular complexity index is 1370. The standard InChI is InChI=1S/C38H52O6/c1-34(2)19-20-38(33(42)43)18-15-26-25(27(38)21-34)12-13-30-36(26,5)17-16-29-35(3,4)32(28(40)22-37(29,30)6)44-31(41)14-9-23-7-10-24(39)11-8-23/h7-12,14,26-30,32,39-40H,13,15-22H2,1-6H3,(H,42,43). The number of benzene rings is 1. The van der Waals surface area contributed by atoms with E-state index in [0.717, 1.165) is 56.9 Å². The number of aliphatic carboxylic acids is 1. The van der Waals surface area contributed by atoms with Gasteiger partial charge in [0.1, 0.15) is 11.9 Å². The Morgan fingerprint density at radius 3 is 2.25 bits per heavy atom. The van der Waals surface area contributed by atoms with Crippen molar-refractivity contribution in [2.24, 2.45) is 50.7 Å². The van der Waals surface area contributed by atoms with E-state index in [-0.39, 0.29) is 33.8 Å². The van der Waals surface area contributed by atoms with Crippen molar-refractivity contribution in [3.05, 3.63) is 47.6 Å². The molecule has 1 aromatic carbocycles. The molecule has 6 heteroatoms. The van der Waals surface area contributed by atoms with E-state index in [4.69, 9.17) is 4.74 Å². The zero-order chi connectivity index (χ0) is 31.9. The Hall–Kier alpha value is -2.60. The lowest BCUT2D eigenvalue weighted by Gasteiger charge is -2.68. The van der Waals surface area contributed by atoms with Gasteiger partial charge in [0.2, 0.25) is 0 Å². The number of hydrogen-bond acceptors (Lipinski definition) is 5. The van der Waals surface area contributed by atoms with Crippen LogP contribution in [0.1, 0.15) is 105 Å². The normalized spacial score (nSPS) is 42.2. The van der Waals surface area contributed by atoms with Crippen LogP contribution in [0, 0.1) is 50.7 Å². The van der Waals surface area contributed by atoms with E-state index in [1.807, 2.05) is 0 Å². The molecule has 0 aliphatic heterocycles. The lowest BCUT2D eigenvalue weighted by atomic mass is 9.37. The Kier molecular flexibility index (Phi) is 7.47. The third-order valence-electron chi connectivity index (χ3n) is 13.7. The van der Waals surface area contributed by atoms with Gasteiger partial charge in [0.05, 0.1) is 11.5 Å². The molecule has 44 heavy (non-hydrogen) atoms. The van der Waals surface area contributed by atoms with Crippen LogP contribution in [0.5, 0.6) is 5.75 Å². The first-order valence-corrected chi connectivity index (χ1v) is 16.8. The van der Waals surface area contributed by atoms with Gasteiger partial charge in [-0.2, -0.15) is 0 Å². The largest absolute Gasteiger partial charge is 0.508 e. The molecular weight excluding hydrogens is 552 g/mol. The Morgan fingerprint density at radius 2 is 1.57 bits per heavy atom. The first kappa shape index (κ1) is 31.4. The minimum absolute atomic E-state index is 0.0494. The number of aromatic hydroxyl groups is 1. The molecule has 240 valence electrons. The summed E-state index contributed by atoms with van der Waals surface area (Å²) in [5.74, 6) is 0.240. The smallest absolute Gasteiger partial charge is 0.331 e. The number of phenolic OH excluding ortho intramolecular Hbond substituents is 1. The number of carbonyl (C=O) groups excluding carboxylic acids is 1. The van der Waals surface area contributed by atoms with Crippen molar-refractivity contribution in [1.29, 1.82) is 0 Å². The Morgan fingerprint density at radius 1 is 0.864 bits per heavy atom. The number of esters is 1. The van der Waals surface area contributed by atoms with Gasteiger partial charge in [-0.05, 0) is 121 Å². The topological polar surface area (TPSA) is 104 Å². The zero-order valence-electron chi connectivity index (χ0n) is 27.4. The molecule has 0 spiro atoms. The molecule has 0 amide bonds. The summed E-state index contributed by atoms with van der Waals surface area (Å²) in [5, 5.41) is 31.8. The molecule has 5 aliphatic rings. The highest BCUT2D eigenvalue weighted by Gasteiger charge is 2.67. The van der Waals surface area contributed by atoms with Crippen molar-refractivity contribution in [2.75, 3.05) is 0 Å². The highest BCUT2D eigenvalue weighted by Crippen LogP contribution is 2.72. The number of carbonyl (C=O) groups is 2. The number of carboxylic acid groups (broad SMARTS) is 1. The maximum Gasteiger partial charge on any atom is 0.331 e. The quantitative estimate of drug-likeness (QED) is 0.184. The second-order valence-electron chi connectivity index (χ2n) is 16.9. The predicted octanol–water partition coefficient (Wildman–Crippen LogP) is 7.78. The maximum absolute atomic E-state index is 13.0. The first-order chi connectivity index (χ1) is 20.5. The van der Waals surface area contributed by atoms with E-state index in [9.17, 15) is 24.9 Å². The minimum atomic E-state index is -0.768. The highest BCUT2D eigenvalue weighted by molar-refractivity contribution is 5.87. The lowest BCUT2D eigenvalue weighted by Crippen LogP contribution is -2.65. The predicted molar refractivity (Wildman–Crippen MR) is 170 cm³/mol. The summed E-state index contributed by atoms with van der Waals surface area (Å²) in [6, 6.07) is 6.62. The number of rotatable bonds is 4. The van der Waals surface area contributed by atoms with Gasteiger partial charge in [0.25, 0.3) is 0 Å². The van der Waals surface area contributed by atoms with Crippen molar-refractivity contribution >= 4 is 18.0 Å². The van der Waals surface area contributed by atoms with Gasteiger partial charge in [0, 0.05) is 11.5 Å². The molecular formula is C38H52O6. The van der Waals surface area contributed by atoms with Gasteiger partial charge < -0.3 is 20.1 Å². The summed E-state index contributed by atoms with van der Waals surface area (Å²) in [6.45, 7) is 13.8. The lowest BCUT2D eigenvalue weighted by molar-refractivity contribution is -0.229. The number of aliphatic hydroxyl groups is 1. The monoisotopic (exact) mass is 604 g/mol. The number of ether oxygens (including phenoxy) is 1. The molecule has 0 heterocycles. The molecule has 0 radical (unpaired) electrons. The summed E-state index contributed by atoms with van der Waals surface area (Å²) < 4.78 is 6.02. The molecule has 0 aromatic heterocycles. The zero-order valence-corrected chi connectivity index (χ0v) is 27.4. The number of hydrogen-bond donors (Lipinski definition) is 3. The molecule has 1 aromatic rings. The van der Waals surface area contributed by atoms with Crippen LogP contribution in [-0.2, 0) is 14.3 Å². The van der Waals surface area contributed by atoms with Crippen molar-refractivity contribution < 1.29 is 29.6 Å². The van der Waals surface area contributed by atoms with Crippen LogP contribution < -0.4 is 0 Å². The van der Waals surface area contributed by atoms with Crippen LogP contribution in [0.25, 0.3) is 6.08 Å². The van der Waals surface area contributed by atoms with Crippen molar-refractivity contribution in [2.45, 2.75) is 112 Å². The highest BCUT2D eigenvalue weighted by atomic mass is 16.6. The minimum Gasteiger partial charge on any atom is -0.508 e. The molecule has 3 N–H and O–H groups in total. The number of aliphatic hydroxyl groups excluding tert-OH is 1. The molecule has 4 saturated carbocycles. The second kappa shape index (κ2) is 10.5. The Labute approximate surface area is 263 Å². The van der Waals surface area contributed by atoms with Crippen molar-refractivity contribution in [3.63, 3.8) is 0 Å².